The van der Waals surface area contributed by atoms with Gasteiger partial charge in [-0.05, 0) is 61.9 Å². The molecule has 27 heavy (non-hydrogen) atoms. The van der Waals surface area contributed by atoms with Crippen molar-refractivity contribution in [3.63, 3.8) is 0 Å². The lowest BCUT2D eigenvalue weighted by molar-refractivity contribution is -0.146. The molecule has 1 heterocycles. The Morgan fingerprint density at radius 3 is 2.26 bits per heavy atom. The number of benzene rings is 2. The molecule has 7 heteroatoms. The fraction of sp³-hybridized carbons (Fsp3) is 0.250. The van der Waals surface area contributed by atoms with Gasteiger partial charge in [-0.25, -0.2) is 4.79 Å². The zero-order chi connectivity index (χ0) is 19.4. The third-order valence-corrected chi connectivity index (χ3v) is 4.60. The Balaban J connectivity index is 1.58. The fourth-order valence-corrected chi connectivity index (χ4v) is 2.85. The van der Waals surface area contributed by atoms with Crippen LogP contribution in [0.1, 0.15) is 18.9 Å². The lowest BCUT2D eigenvalue weighted by Crippen LogP contribution is -2.37. The molecule has 0 aliphatic carbocycles. The van der Waals surface area contributed by atoms with Gasteiger partial charge >= 0.3 is 12.0 Å². The number of nitriles is 1. The van der Waals surface area contributed by atoms with E-state index in [2.05, 4.69) is 5.32 Å². The first-order chi connectivity index (χ1) is 12.9. The molecule has 1 aliphatic rings. The molecule has 1 unspecified atom stereocenters. The van der Waals surface area contributed by atoms with Crippen LogP contribution >= 0.6 is 0 Å². The maximum atomic E-state index is 12.3. The van der Waals surface area contributed by atoms with Crippen LogP contribution in [0.2, 0.25) is 0 Å². The lowest BCUT2D eigenvalue weighted by atomic mass is 9.90. The average molecular weight is 365 g/mol. The molecule has 2 amide bonds. The number of anilines is 1. The number of carbonyl (C=O) groups is 2. The molecule has 1 fully saturated rings. The monoisotopic (exact) mass is 365 g/mol. The van der Waals surface area contributed by atoms with Crippen molar-refractivity contribution < 1.29 is 19.4 Å². The molecule has 0 bridgehead atoms. The number of rotatable bonds is 4. The second-order valence-corrected chi connectivity index (χ2v) is 6.73. The van der Waals surface area contributed by atoms with Crippen molar-refractivity contribution in [1.29, 1.82) is 5.26 Å². The van der Waals surface area contributed by atoms with Crippen molar-refractivity contribution in [2.75, 3.05) is 18.4 Å². The minimum atomic E-state index is -0.893. The van der Waals surface area contributed by atoms with Crippen LogP contribution in [0.3, 0.4) is 0 Å². The van der Waals surface area contributed by atoms with Crippen LogP contribution in [-0.2, 0) is 4.79 Å². The van der Waals surface area contributed by atoms with E-state index < -0.39 is 11.4 Å². The predicted molar refractivity (Wildman–Crippen MR) is 98.6 cm³/mol. The molecule has 138 valence electrons. The molecule has 2 aromatic rings. The number of nitrogens with zero attached hydrogens (tertiary/aromatic N) is 2. The number of likely N-dealkylation sites (tertiary alicyclic amines) is 1. The zero-order valence-electron chi connectivity index (χ0n) is 14.8. The number of hydrogen-bond donors (Lipinski definition) is 2. The Kier molecular flexibility index (Phi) is 4.99. The Labute approximate surface area is 156 Å². The number of carboxylic acid groups (broad SMARTS) is 1. The average Bonchev–Trinajstić information content (AvgIpc) is 3.08. The van der Waals surface area contributed by atoms with Crippen LogP contribution < -0.4 is 10.1 Å². The number of carbonyl (C=O) groups excluding carboxylic acids is 1. The van der Waals surface area contributed by atoms with Gasteiger partial charge in [-0.2, -0.15) is 5.26 Å². The molecule has 0 radical (unpaired) electrons. The van der Waals surface area contributed by atoms with Gasteiger partial charge in [0.1, 0.15) is 11.5 Å². The summed E-state index contributed by atoms with van der Waals surface area (Å²) >= 11 is 0. The molecule has 0 saturated carbocycles. The molecule has 1 aliphatic heterocycles. The quantitative estimate of drug-likeness (QED) is 0.860. The number of carboxylic acids is 1. The highest BCUT2D eigenvalue weighted by atomic mass is 16.5. The predicted octanol–water partition coefficient (Wildman–Crippen LogP) is 3.68. The summed E-state index contributed by atoms with van der Waals surface area (Å²) in [5.41, 5.74) is 0.258. The third-order valence-electron chi connectivity index (χ3n) is 4.60. The SMILES string of the molecule is CC1(C(=O)O)CCN(C(=O)Nc2ccc(Oc3ccc(C#N)cc3)cc2)C1. The number of amides is 2. The molecule has 2 aromatic carbocycles. The molecular weight excluding hydrogens is 346 g/mol. The number of aliphatic carboxylic acids is 1. The molecule has 7 nitrogen and oxygen atoms in total. The van der Waals surface area contributed by atoms with Gasteiger partial charge in [0.25, 0.3) is 0 Å². The van der Waals surface area contributed by atoms with E-state index in [1.165, 1.54) is 4.90 Å². The summed E-state index contributed by atoms with van der Waals surface area (Å²) in [6, 6.07) is 15.4. The summed E-state index contributed by atoms with van der Waals surface area (Å²) in [7, 11) is 0. The molecule has 2 N–H and O–H groups in total. The first-order valence-corrected chi connectivity index (χ1v) is 8.47. The molecule has 3 rings (SSSR count). The van der Waals surface area contributed by atoms with Crippen LogP contribution in [0.4, 0.5) is 10.5 Å². The minimum Gasteiger partial charge on any atom is -0.481 e. The van der Waals surface area contributed by atoms with Crippen LogP contribution in [0.15, 0.2) is 48.5 Å². The fourth-order valence-electron chi connectivity index (χ4n) is 2.85. The van der Waals surface area contributed by atoms with Crippen molar-refractivity contribution >= 4 is 17.7 Å². The highest BCUT2D eigenvalue weighted by molar-refractivity contribution is 5.90. The summed E-state index contributed by atoms with van der Waals surface area (Å²) in [4.78, 5) is 25.1. The van der Waals surface area contributed by atoms with Crippen LogP contribution in [-0.4, -0.2) is 35.1 Å². The highest BCUT2D eigenvalue weighted by Gasteiger charge is 2.42. The number of hydrogen-bond acceptors (Lipinski definition) is 4. The van der Waals surface area contributed by atoms with E-state index >= 15 is 0 Å². The van der Waals surface area contributed by atoms with Gasteiger partial charge in [0.15, 0.2) is 0 Å². The van der Waals surface area contributed by atoms with Gasteiger partial charge < -0.3 is 20.1 Å². The van der Waals surface area contributed by atoms with Crippen molar-refractivity contribution in [1.82, 2.24) is 4.90 Å². The third kappa shape index (κ3) is 4.18. The van der Waals surface area contributed by atoms with E-state index in [0.717, 1.165) is 0 Å². The Morgan fingerprint density at radius 2 is 1.74 bits per heavy atom. The first kappa shape index (κ1) is 18.3. The smallest absolute Gasteiger partial charge is 0.321 e. The van der Waals surface area contributed by atoms with E-state index in [4.69, 9.17) is 10.00 Å². The van der Waals surface area contributed by atoms with E-state index in [1.54, 1.807) is 55.5 Å². The normalized spacial score (nSPS) is 18.6. The maximum Gasteiger partial charge on any atom is 0.321 e. The Hall–Kier alpha value is -3.53. The summed E-state index contributed by atoms with van der Waals surface area (Å²) < 4.78 is 5.69. The van der Waals surface area contributed by atoms with E-state index in [1.807, 2.05) is 6.07 Å². The van der Waals surface area contributed by atoms with Gasteiger partial charge in [-0.1, -0.05) is 0 Å². The van der Waals surface area contributed by atoms with Crippen molar-refractivity contribution in [2.24, 2.45) is 5.41 Å². The van der Waals surface area contributed by atoms with Gasteiger partial charge in [-0.15, -0.1) is 0 Å². The van der Waals surface area contributed by atoms with Crippen LogP contribution in [0.5, 0.6) is 11.5 Å². The molecule has 1 saturated heterocycles. The van der Waals surface area contributed by atoms with Crippen molar-refractivity contribution in [3.8, 4) is 17.6 Å². The lowest BCUT2D eigenvalue weighted by Gasteiger charge is -2.20. The Morgan fingerprint density at radius 1 is 1.15 bits per heavy atom. The van der Waals surface area contributed by atoms with Crippen molar-refractivity contribution in [3.05, 3.63) is 54.1 Å². The molecule has 1 atom stereocenters. The largest absolute Gasteiger partial charge is 0.481 e. The number of urea groups is 1. The van der Waals surface area contributed by atoms with Crippen LogP contribution in [0, 0.1) is 16.7 Å². The number of ether oxygens (including phenoxy) is 1. The summed E-state index contributed by atoms with van der Waals surface area (Å²) in [6.45, 7) is 2.25. The maximum absolute atomic E-state index is 12.3. The molecular formula is C20H19N3O4. The minimum absolute atomic E-state index is 0.189. The highest BCUT2D eigenvalue weighted by Crippen LogP contribution is 2.30. The molecule has 0 aromatic heterocycles. The van der Waals surface area contributed by atoms with Crippen LogP contribution in [0.25, 0.3) is 0 Å². The second kappa shape index (κ2) is 7.38. The summed E-state index contributed by atoms with van der Waals surface area (Å²) in [6.07, 6.45) is 0.438. The van der Waals surface area contributed by atoms with Gasteiger partial charge in [0, 0.05) is 18.8 Å². The second-order valence-electron chi connectivity index (χ2n) is 6.73. The number of nitrogens with one attached hydrogen (secondary N) is 1. The first-order valence-electron chi connectivity index (χ1n) is 8.47. The topological polar surface area (TPSA) is 103 Å². The van der Waals surface area contributed by atoms with Crippen molar-refractivity contribution in [2.45, 2.75) is 13.3 Å². The van der Waals surface area contributed by atoms with E-state index in [0.29, 0.717) is 35.7 Å². The Bertz CT molecular complexity index is 887. The van der Waals surface area contributed by atoms with E-state index in [-0.39, 0.29) is 12.6 Å². The summed E-state index contributed by atoms with van der Waals surface area (Å²) in [5, 5.41) is 20.8. The summed E-state index contributed by atoms with van der Waals surface area (Å²) in [5.74, 6) is 0.315. The molecule has 0 spiro atoms. The van der Waals surface area contributed by atoms with Gasteiger partial charge in [0.2, 0.25) is 0 Å². The van der Waals surface area contributed by atoms with Gasteiger partial charge in [-0.3, -0.25) is 4.79 Å². The zero-order valence-corrected chi connectivity index (χ0v) is 14.8. The standard InChI is InChI=1S/C20H19N3O4/c1-20(18(24)25)10-11-23(13-20)19(26)22-15-4-8-17(9-5-15)27-16-6-2-14(12-21)3-7-16/h2-9H,10-11,13H2,1H3,(H,22,26)(H,24,25). The van der Waals surface area contributed by atoms with Gasteiger partial charge in [0.05, 0.1) is 17.0 Å². The van der Waals surface area contributed by atoms with E-state index in [9.17, 15) is 14.7 Å².